The lowest BCUT2D eigenvalue weighted by Crippen LogP contribution is -2.26. The number of amides is 1. The molecule has 0 unspecified atom stereocenters. The predicted molar refractivity (Wildman–Crippen MR) is 102 cm³/mol. The molecule has 0 aliphatic heterocycles. The number of hydrogen-bond acceptors (Lipinski definition) is 5. The van der Waals surface area contributed by atoms with Crippen LogP contribution in [0.1, 0.15) is 29.4 Å². The van der Waals surface area contributed by atoms with Crippen LogP contribution in [0.5, 0.6) is 0 Å². The van der Waals surface area contributed by atoms with Gasteiger partial charge in [-0.15, -0.1) is 0 Å². The Morgan fingerprint density at radius 2 is 2.00 bits per heavy atom. The van der Waals surface area contributed by atoms with Gasteiger partial charge in [-0.05, 0) is 32.4 Å². The van der Waals surface area contributed by atoms with Gasteiger partial charge in [0.15, 0.2) is 11.2 Å². The van der Waals surface area contributed by atoms with Crippen molar-refractivity contribution >= 4 is 16.9 Å². The molecule has 0 spiro atoms. The maximum absolute atomic E-state index is 12.7. The zero-order valence-electron chi connectivity index (χ0n) is 15.7. The smallest absolute Gasteiger partial charge is 0.279 e. The fraction of sp³-hybridized carbons (Fsp3) is 0.368. The van der Waals surface area contributed by atoms with E-state index in [0.717, 1.165) is 5.56 Å². The molecule has 27 heavy (non-hydrogen) atoms. The summed E-state index contributed by atoms with van der Waals surface area (Å²) >= 11 is 0. The Bertz CT molecular complexity index is 1000. The van der Waals surface area contributed by atoms with Crippen LogP contribution in [-0.4, -0.2) is 45.0 Å². The van der Waals surface area contributed by atoms with Crippen LogP contribution in [0.25, 0.3) is 16.7 Å². The van der Waals surface area contributed by atoms with E-state index in [0.29, 0.717) is 37.4 Å². The Morgan fingerprint density at radius 3 is 2.70 bits per heavy atom. The third-order valence-electron chi connectivity index (χ3n) is 4.19. The van der Waals surface area contributed by atoms with Crippen LogP contribution >= 0.6 is 0 Å². The van der Waals surface area contributed by atoms with Gasteiger partial charge in [0.25, 0.3) is 11.5 Å². The van der Waals surface area contributed by atoms with Crippen molar-refractivity contribution in [2.45, 2.75) is 20.3 Å². The van der Waals surface area contributed by atoms with E-state index in [1.807, 2.05) is 38.1 Å². The monoisotopic (exact) mass is 369 g/mol. The first-order valence-electron chi connectivity index (χ1n) is 8.90. The van der Waals surface area contributed by atoms with Crippen LogP contribution in [-0.2, 0) is 11.8 Å². The maximum Gasteiger partial charge on any atom is 0.279 e. The maximum atomic E-state index is 12.7. The summed E-state index contributed by atoms with van der Waals surface area (Å²) < 4.78 is 8.12. The SMILES string of the molecule is CCOCCCNC(=O)c1nn(-c2ccc(C)cc2)c2c(=O)n(C)cnc12. The molecular weight excluding hydrogens is 346 g/mol. The van der Waals surface area contributed by atoms with Crippen LogP contribution in [0, 0.1) is 6.92 Å². The van der Waals surface area contributed by atoms with Crippen molar-refractivity contribution in [2.24, 2.45) is 7.05 Å². The highest BCUT2D eigenvalue weighted by molar-refractivity contribution is 6.03. The molecule has 0 saturated heterocycles. The molecule has 3 aromatic rings. The van der Waals surface area contributed by atoms with Gasteiger partial charge in [0.2, 0.25) is 0 Å². The molecule has 1 aromatic carbocycles. The molecule has 0 radical (unpaired) electrons. The number of aryl methyl sites for hydroxylation is 2. The van der Waals surface area contributed by atoms with Gasteiger partial charge < -0.3 is 14.6 Å². The number of carbonyl (C=O) groups is 1. The number of carbonyl (C=O) groups excluding carboxylic acids is 1. The summed E-state index contributed by atoms with van der Waals surface area (Å²) in [5, 5.41) is 7.22. The van der Waals surface area contributed by atoms with Crippen molar-refractivity contribution in [2.75, 3.05) is 19.8 Å². The molecule has 8 nitrogen and oxygen atoms in total. The molecule has 0 aliphatic carbocycles. The second-order valence-corrected chi connectivity index (χ2v) is 6.26. The average Bonchev–Trinajstić information content (AvgIpc) is 3.05. The zero-order valence-corrected chi connectivity index (χ0v) is 15.7. The molecule has 2 aromatic heterocycles. The molecule has 0 aliphatic rings. The molecule has 1 amide bonds. The largest absolute Gasteiger partial charge is 0.382 e. The highest BCUT2D eigenvalue weighted by atomic mass is 16.5. The summed E-state index contributed by atoms with van der Waals surface area (Å²) in [7, 11) is 1.62. The van der Waals surface area contributed by atoms with E-state index in [1.165, 1.54) is 15.6 Å². The Balaban J connectivity index is 1.99. The van der Waals surface area contributed by atoms with Crippen LogP contribution in [0.4, 0.5) is 0 Å². The van der Waals surface area contributed by atoms with E-state index in [4.69, 9.17) is 4.74 Å². The second kappa shape index (κ2) is 8.13. The van der Waals surface area contributed by atoms with Gasteiger partial charge in [0.05, 0.1) is 12.0 Å². The fourth-order valence-corrected chi connectivity index (χ4v) is 2.72. The number of hydrogen-bond donors (Lipinski definition) is 1. The number of rotatable bonds is 7. The van der Waals surface area contributed by atoms with Gasteiger partial charge in [0, 0.05) is 26.8 Å². The van der Waals surface area contributed by atoms with Crippen molar-refractivity contribution in [3.8, 4) is 5.69 Å². The van der Waals surface area contributed by atoms with Gasteiger partial charge in [-0.1, -0.05) is 17.7 Å². The molecule has 0 saturated carbocycles. The molecule has 142 valence electrons. The fourth-order valence-electron chi connectivity index (χ4n) is 2.72. The van der Waals surface area contributed by atoms with Crippen molar-refractivity contribution in [1.29, 1.82) is 0 Å². The van der Waals surface area contributed by atoms with E-state index in [9.17, 15) is 9.59 Å². The van der Waals surface area contributed by atoms with E-state index in [2.05, 4.69) is 15.4 Å². The zero-order chi connectivity index (χ0) is 19.4. The normalized spacial score (nSPS) is 11.1. The van der Waals surface area contributed by atoms with Crippen molar-refractivity contribution in [1.82, 2.24) is 24.6 Å². The predicted octanol–water partition coefficient (Wildman–Crippen LogP) is 1.58. The molecule has 0 fully saturated rings. The third kappa shape index (κ3) is 3.90. The number of benzene rings is 1. The van der Waals surface area contributed by atoms with E-state index in [1.54, 1.807) is 7.05 Å². The number of ether oxygens (including phenoxy) is 1. The summed E-state index contributed by atoms with van der Waals surface area (Å²) in [6.07, 6.45) is 2.10. The average molecular weight is 369 g/mol. The van der Waals surface area contributed by atoms with Crippen LogP contribution in [0.3, 0.4) is 0 Å². The lowest BCUT2D eigenvalue weighted by molar-refractivity contribution is 0.0940. The first-order valence-corrected chi connectivity index (χ1v) is 8.90. The van der Waals surface area contributed by atoms with Gasteiger partial charge in [-0.25, -0.2) is 9.67 Å². The minimum Gasteiger partial charge on any atom is -0.382 e. The van der Waals surface area contributed by atoms with E-state index >= 15 is 0 Å². The summed E-state index contributed by atoms with van der Waals surface area (Å²) in [5.74, 6) is -0.358. The molecule has 3 rings (SSSR count). The van der Waals surface area contributed by atoms with Crippen molar-refractivity contribution < 1.29 is 9.53 Å². The van der Waals surface area contributed by atoms with Gasteiger partial charge in [-0.3, -0.25) is 9.59 Å². The molecule has 0 bridgehead atoms. The van der Waals surface area contributed by atoms with E-state index in [-0.39, 0.29) is 22.7 Å². The Morgan fingerprint density at radius 1 is 1.26 bits per heavy atom. The Hall–Kier alpha value is -3.00. The molecule has 0 atom stereocenters. The Labute approximate surface area is 156 Å². The Kier molecular flexibility index (Phi) is 5.66. The van der Waals surface area contributed by atoms with Gasteiger partial charge >= 0.3 is 0 Å². The second-order valence-electron chi connectivity index (χ2n) is 6.26. The topological polar surface area (TPSA) is 91.0 Å². The lowest BCUT2D eigenvalue weighted by atomic mass is 10.2. The number of nitrogens with zero attached hydrogens (tertiary/aromatic N) is 4. The molecular formula is C19H23N5O3. The third-order valence-corrected chi connectivity index (χ3v) is 4.19. The first kappa shape index (κ1) is 18.8. The quantitative estimate of drug-likeness (QED) is 0.639. The number of aromatic nitrogens is 4. The summed E-state index contributed by atoms with van der Waals surface area (Å²) in [5.41, 5.74) is 2.24. The summed E-state index contributed by atoms with van der Waals surface area (Å²) in [6.45, 7) is 5.59. The summed E-state index contributed by atoms with van der Waals surface area (Å²) in [4.78, 5) is 29.6. The highest BCUT2D eigenvalue weighted by Gasteiger charge is 2.22. The molecule has 2 heterocycles. The van der Waals surface area contributed by atoms with Crippen LogP contribution < -0.4 is 10.9 Å². The minimum absolute atomic E-state index is 0.139. The molecule has 8 heteroatoms. The number of fused-ring (bicyclic) bond motifs is 1. The molecule has 1 N–H and O–H groups in total. The summed E-state index contributed by atoms with van der Waals surface area (Å²) in [6, 6.07) is 7.57. The highest BCUT2D eigenvalue weighted by Crippen LogP contribution is 2.18. The lowest BCUT2D eigenvalue weighted by Gasteiger charge is -2.04. The minimum atomic E-state index is -0.358. The van der Waals surface area contributed by atoms with Crippen LogP contribution in [0.2, 0.25) is 0 Å². The van der Waals surface area contributed by atoms with Gasteiger partial charge in [0.1, 0.15) is 5.52 Å². The van der Waals surface area contributed by atoms with Crippen molar-refractivity contribution in [3.05, 3.63) is 52.2 Å². The van der Waals surface area contributed by atoms with Gasteiger partial charge in [-0.2, -0.15) is 5.10 Å². The van der Waals surface area contributed by atoms with E-state index < -0.39 is 0 Å². The van der Waals surface area contributed by atoms with Crippen molar-refractivity contribution in [3.63, 3.8) is 0 Å². The number of nitrogens with one attached hydrogen (secondary N) is 1. The standard InChI is InChI=1S/C19H23N5O3/c1-4-27-11-5-10-20-18(25)16-15-17(19(26)23(3)12-21-15)24(22-16)14-8-6-13(2)7-9-14/h6-9,12H,4-5,10-11H2,1-3H3,(H,20,25). The first-order chi connectivity index (χ1) is 13.0. The van der Waals surface area contributed by atoms with Crippen LogP contribution in [0.15, 0.2) is 35.4 Å².